The number of aromatic nitrogens is 2. The lowest BCUT2D eigenvalue weighted by Crippen LogP contribution is -2.30. The first-order chi connectivity index (χ1) is 8.38. The van der Waals surface area contributed by atoms with Crippen LogP contribution in [-0.2, 0) is 21.8 Å². The van der Waals surface area contributed by atoms with Crippen molar-refractivity contribution in [1.82, 2.24) is 14.5 Å². The van der Waals surface area contributed by atoms with Gasteiger partial charge in [0.2, 0.25) is 0 Å². The van der Waals surface area contributed by atoms with E-state index in [1.54, 1.807) is 0 Å². The standard InChI is InChI=1S/C9H16ClN3O4S/c1-13-9(8(10)5-11-13)18(15,16)12-4-3-7(14)6-17-2/h5,7,12,14H,3-4,6H2,1-2H3. The molecule has 1 unspecified atom stereocenters. The molecule has 1 aromatic rings. The van der Waals surface area contributed by atoms with E-state index in [0.717, 1.165) is 0 Å². The second-order valence-corrected chi connectivity index (χ2v) is 5.81. The molecule has 0 bridgehead atoms. The zero-order valence-electron chi connectivity index (χ0n) is 10.1. The smallest absolute Gasteiger partial charge is 0.259 e. The summed E-state index contributed by atoms with van der Waals surface area (Å²) in [5.41, 5.74) is 0. The Kier molecular flexibility index (Phi) is 5.54. The Labute approximate surface area is 111 Å². The number of rotatable bonds is 7. The number of aryl methyl sites for hydroxylation is 1. The molecule has 0 amide bonds. The summed E-state index contributed by atoms with van der Waals surface area (Å²) in [5, 5.41) is 13.1. The lowest BCUT2D eigenvalue weighted by atomic mass is 10.3. The molecule has 1 rings (SSSR count). The second kappa shape index (κ2) is 6.48. The first kappa shape index (κ1) is 15.4. The molecule has 1 atom stereocenters. The Balaban J connectivity index is 2.61. The number of aliphatic hydroxyl groups is 1. The number of hydrogen-bond donors (Lipinski definition) is 2. The Hall–Kier alpha value is -0.670. The van der Waals surface area contributed by atoms with Crippen LogP contribution < -0.4 is 4.72 Å². The van der Waals surface area contributed by atoms with Gasteiger partial charge >= 0.3 is 0 Å². The molecule has 1 aromatic heterocycles. The predicted octanol–water partition coefficient (Wildman–Crippen LogP) is -0.251. The topological polar surface area (TPSA) is 93.4 Å². The SMILES string of the molecule is COCC(O)CCNS(=O)(=O)c1c(Cl)cnn1C. The summed E-state index contributed by atoms with van der Waals surface area (Å²) >= 11 is 5.75. The van der Waals surface area contributed by atoms with Crippen molar-refractivity contribution in [3.8, 4) is 0 Å². The molecule has 18 heavy (non-hydrogen) atoms. The van der Waals surface area contributed by atoms with Gasteiger partial charge in [0.25, 0.3) is 10.0 Å². The van der Waals surface area contributed by atoms with Gasteiger partial charge in [-0.25, -0.2) is 13.1 Å². The van der Waals surface area contributed by atoms with Gasteiger partial charge in [-0.3, -0.25) is 4.68 Å². The predicted molar refractivity (Wildman–Crippen MR) is 65.9 cm³/mol. The van der Waals surface area contributed by atoms with Gasteiger partial charge < -0.3 is 9.84 Å². The maximum atomic E-state index is 11.9. The monoisotopic (exact) mass is 297 g/mol. The van der Waals surface area contributed by atoms with Gasteiger partial charge in [-0.15, -0.1) is 0 Å². The third-order valence-electron chi connectivity index (χ3n) is 2.23. The largest absolute Gasteiger partial charge is 0.391 e. The van der Waals surface area contributed by atoms with Crippen LogP contribution in [0.15, 0.2) is 11.2 Å². The Morgan fingerprint density at radius 2 is 2.33 bits per heavy atom. The number of methoxy groups -OCH3 is 1. The van der Waals surface area contributed by atoms with Crippen LogP contribution in [0.3, 0.4) is 0 Å². The molecule has 0 aromatic carbocycles. The summed E-state index contributed by atoms with van der Waals surface area (Å²) in [7, 11) is -0.775. The molecule has 2 N–H and O–H groups in total. The normalized spacial score (nSPS) is 13.8. The number of nitrogens with zero attached hydrogens (tertiary/aromatic N) is 2. The lowest BCUT2D eigenvalue weighted by Gasteiger charge is -2.10. The fraction of sp³-hybridized carbons (Fsp3) is 0.667. The van der Waals surface area contributed by atoms with Crippen LogP contribution in [0.1, 0.15) is 6.42 Å². The van der Waals surface area contributed by atoms with Crippen LogP contribution in [0, 0.1) is 0 Å². The van der Waals surface area contributed by atoms with Crippen molar-refractivity contribution in [1.29, 1.82) is 0 Å². The minimum absolute atomic E-state index is 0.0578. The van der Waals surface area contributed by atoms with Gasteiger partial charge in [-0.05, 0) is 6.42 Å². The number of ether oxygens (including phenoxy) is 1. The van der Waals surface area contributed by atoms with E-state index >= 15 is 0 Å². The van der Waals surface area contributed by atoms with Gasteiger partial charge in [-0.1, -0.05) is 11.6 Å². The van der Waals surface area contributed by atoms with E-state index in [1.165, 1.54) is 25.0 Å². The van der Waals surface area contributed by atoms with Gasteiger partial charge in [-0.2, -0.15) is 5.10 Å². The van der Waals surface area contributed by atoms with E-state index in [-0.39, 0.29) is 29.6 Å². The van der Waals surface area contributed by atoms with E-state index < -0.39 is 16.1 Å². The average molecular weight is 298 g/mol. The molecular formula is C9H16ClN3O4S. The molecule has 0 radical (unpaired) electrons. The molecule has 0 spiro atoms. The number of aliphatic hydroxyl groups excluding tert-OH is 1. The van der Waals surface area contributed by atoms with Crippen LogP contribution in [-0.4, -0.2) is 49.7 Å². The maximum absolute atomic E-state index is 11.9. The van der Waals surface area contributed by atoms with E-state index in [1.807, 2.05) is 0 Å². The second-order valence-electron chi connectivity index (χ2n) is 3.72. The minimum Gasteiger partial charge on any atom is -0.391 e. The van der Waals surface area contributed by atoms with Crippen molar-refractivity contribution >= 4 is 21.6 Å². The van der Waals surface area contributed by atoms with Gasteiger partial charge in [0.1, 0.15) is 0 Å². The summed E-state index contributed by atoms with van der Waals surface area (Å²) in [4.78, 5) is 0. The molecule has 0 saturated heterocycles. The van der Waals surface area contributed by atoms with Crippen LogP contribution in [0.5, 0.6) is 0 Å². The third kappa shape index (κ3) is 3.92. The molecular weight excluding hydrogens is 282 g/mol. The molecule has 1 heterocycles. The van der Waals surface area contributed by atoms with Gasteiger partial charge in [0.05, 0.1) is 23.9 Å². The zero-order valence-corrected chi connectivity index (χ0v) is 11.7. The van der Waals surface area contributed by atoms with Crippen molar-refractivity contribution < 1.29 is 18.3 Å². The first-order valence-electron chi connectivity index (χ1n) is 5.22. The molecule has 7 nitrogen and oxygen atoms in total. The van der Waals surface area contributed by atoms with Gasteiger partial charge in [0.15, 0.2) is 5.03 Å². The Morgan fingerprint density at radius 1 is 1.67 bits per heavy atom. The quantitative estimate of drug-likeness (QED) is 0.724. The van der Waals surface area contributed by atoms with Crippen LogP contribution >= 0.6 is 11.6 Å². The van der Waals surface area contributed by atoms with Crippen LogP contribution in [0.25, 0.3) is 0 Å². The fourth-order valence-electron chi connectivity index (χ4n) is 1.41. The highest BCUT2D eigenvalue weighted by Crippen LogP contribution is 2.19. The zero-order chi connectivity index (χ0) is 13.8. The number of nitrogens with one attached hydrogen (secondary N) is 1. The van der Waals surface area contributed by atoms with Gasteiger partial charge in [0, 0.05) is 20.7 Å². The Morgan fingerprint density at radius 3 is 2.83 bits per heavy atom. The molecule has 0 aliphatic rings. The van der Waals surface area contributed by atoms with Crippen LogP contribution in [0.4, 0.5) is 0 Å². The van der Waals surface area contributed by atoms with Crippen molar-refractivity contribution in [2.45, 2.75) is 17.6 Å². The van der Waals surface area contributed by atoms with E-state index in [9.17, 15) is 13.5 Å². The first-order valence-corrected chi connectivity index (χ1v) is 7.08. The molecule has 104 valence electrons. The van der Waals surface area contributed by atoms with E-state index in [4.69, 9.17) is 16.3 Å². The summed E-state index contributed by atoms with van der Waals surface area (Å²) in [6, 6.07) is 0. The number of halogens is 1. The summed E-state index contributed by atoms with van der Waals surface area (Å²) < 4.78 is 32.1. The molecule has 0 aliphatic carbocycles. The lowest BCUT2D eigenvalue weighted by molar-refractivity contribution is 0.0603. The summed E-state index contributed by atoms with van der Waals surface area (Å²) in [6.45, 7) is 0.253. The highest BCUT2D eigenvalue weighted by molar-refractivity contribution is 7.89. The average Bonchev–Trinajstić information content (AvgIpc) is 2.59. The minimum atomic E-state index is -3.72. The molecule has 0 aliphatic heterocycles. The molecule has 0 saturated carbocycles. The van der Waals surface area contributed by atoms with Crippen molar-refractivity contribution in [2.75, 3.05) is 20.3 Å². The van der Waals surface area contributed by atoms with E-state index in [2.05, 4.69) is 9.82 Å². The number of sulfonamides is 1. The van der Waals surface area contributed by atoms with Crippen molar-refractivity contribution in [2.24, 2.45) is 7.05 Å². The fourth-order valence-corrected chi connectivity index (χ4v) is 3.10. The highest BCUT2D eigenvalue weighted by atomic mass is 35.5. The van der Waals surface area contributed by atoms with Crippen molar-refractivity contribution in [3.05, 3.63) is 11.2 Å². The maximum Gasteiger partial charge on any atom is 0.259 e. The summed E-state index contributed by atoms with van der Waals surface area (Å²) in [6.07, 6.45) is 0.804. The highest BCUT2D eigenvalue weighted by Gasteiger charge is 2.22. The van der Waals surface area contributed by atoms with Crippen LogP contribution in [0.2, 0.25) is 5.02 Å². The molecule has 9 heteroatoms. The Bertz CT molecular complexity index is 469. The molecule has 0 fully saturated rings. The number of hydrogen-bond acceptors (Lipinski definition) is 5. The van der Waals surface area contributed by atoms with Crippen molar-refractivity contribution in [3.63, 3.8) is 0 Å². The van der Waals surface area contributed by atoms with E-state index in [0.29, 0.717) is 0 Å². The third-order valence-corrected chi connectivity index (χ3v) is 4.19. The summed E-state index contributed by atoms with van der Waals surface area (Å²) in [5.74, 6) is 0.